The summed E-state index contributed by atoms with van der Waals surface area (Å²) in [6.07, 6.45) is -13.3. The predicted molar refractivity (Wildman–Crippen MR) is 157 cm³/mol. The van der Waals surface area contributed by atoms with Gasteiger partial charge < -0.3 is 20.1 Å². The van der Waals surface area contributed by atoms with E-state index in [1.54, 1.807) is 11.3 Å². The third-order valence-corrected chi connectivity index (χ3v) is 7.80. The van der Waals surface area contributed by atoms with Crippen LogP contribution < -0.4 is 0 Å². The number of rotatable bonds is 6. The molecule has 2 aliphatic rings. The quantitative estimate of drug-likeness (QED) is 0.248. The number of carboxylic acid groups (broad SMARTS) is 3. The minimum Gasteiger partial charge on any atom is -0.475 e. The van der Waals surface area contributed by atoms with E-state index in [1.165, 1.54) is 5.56 Å². The van der Waals surface area contributed by atoms with Gasteiger partial charge >= 0.3 is 42.4 Å². The summed E-state index contributed by atoms with van der Waals surface area (Å²) in [7, 11) is 0. The normalized spacial score (nSPS) is 19.5. The van der Waals surface area contributed by atoms with Crippen LogP contribution in [0, 0.1) is 18.3 Å². The molecule has 0 saturated carbocycles. The summed E-state index contributed by atoms with van der Waals surface area (Å²) in [5.74, 6) is -7.97. The summed E-state index contributed by atoms with van der Waals surface area (Å²) in [4.78, 5) is 49.5. The van der Waals surface area contributed by atoms with Gasteiger partial charge in [-0.05, 0) is 67.8 Å². The van der Waals surface area contributed by atoms with Gasteiger partial charge in [-0.2, -0.15) is 50.9 Å². The number of esters is 1. The Bertz CT molecular complexity index is 1350. The van der Waals surface area contributed by atoms with Gasteiger partial charge in [0, 0.05) is 44.3 Å². The second kappa shape index (κ2) is 18.9. The Morgan fingerprint density at radius 3 is 1.84 bits per heavy atom. The summed E-state index contributed by atoms with van der Waals surface area (Å²) in [5.41, 5.74) is 3.11. The molecule has 282 valence electrons. The van der Waals surface area contributed by atoms with Crippen LogP contribution >= 0.6 is 11.3 Å². The number of carbonyl (C=O) groups excluding carboxylic acids is 1. The Kier molecular flexibility index (Phi) is 16.6. The molecule has 2 aromatic heterocycles. The van der Waals surface area contributed by atoms with E-state index in [-0.39, 0.29) is 11.4 Å². The number of fused-ring (bicyclic) bond motifs is 1. The molecule has 2 aliphatic heterocycles. The van der Waals surface area contributed by atoms with Gasteiger partial charge in [-0.15, -0.1) is 0 Å². The second-order valence-electron chi connectivity index (χ2n) is 10.9. The van der Waals surface area contributed by atoms with E-state index < -0.39 is 36.4 Å². The predicted octanol–water partition coefficient (Wildman–Crippen LogP) is 5.63. The third kappa shape index (κ3) is 14.9. The zero-order valence-electron chi connectivity index (χ0n) is 26.4. The Hall–Kier alpha value is -3.98. The van der Waals surface area contributed by atoms with E-state index in [9.17, 15) is 44.3 Å². The van der Waals surface area contributed by atoms with Crippen LogP contribution in [-0.2, 0) is 37.0 Å². The monoisotopic (exact) mass is 755 g/mol. The fourth-order valence-electron chi connectivity index (χ4n) is 5.05. The molecule has 0 spiro atoms. The van der Waals surface area contributed by atoms with Gasteiger partial charge in [0.05, 0.1) is 17.7 Å². The smallest absolute Gasteiger partial charge is 0.475 e. The van der Waals surface area contributed by atoms with Crippen molar-refractivity contribution in [3.63, 3.8) is 0 Å². The van der Waals surface area contributed by atoms with Crippen LogP contribution in [0.1, 0.15) is 36.7 Å². The molecule has 2 aromatic rings. The molecule has 11 nitrogen and oxygen atoms in total. The first-order valence-corrected chi connectivity index (χ1v) is 15.3. The van der Waals surface area contributed by atoms with Gasteiger partial charge in [0.25, 0.3) is 0 Å². The number of pyridine rings is 1. The summed E-state index contributed by atoms with van der Waals surface area (Å²) in [6.45, 7) is 9.85. The molecule has 2 fully saturated rings. The number of nitrogens with zero attached hydrogens (tertiary/aromatic N) is 3. The highest BCUT2D eigenvalue weighted by molar-refractivity contribution is 7.07. The molecule has 50 heavy (non-hydrogen) atoms. The van der Waals surface area contributed by atoms with Gasteiger partial charge in [0.1, 0.15) is 0 Å². The number of alkyl halides is 9. The van der Waals surface area contributed by atoms with Crippen LogP contribution in [0.25, 0.3) is 0 Å². The minimum absolute atomic E-state index is 0.00193. The maximum atomic E-state index is 13.1. The SMILES string of the molecule is CCOC(=O)[C@]12CCCN(Cc3ccsc3)C[C@H]1CN(Cc1cccc(C)n1)C2.O=C(O)C(F)(F)F.O=C(O)C(F)(F)F.O=C(O)C(F)(F)F. The highest BCUT2D eigenvalue weighted by Gasteiger charge is 2.54. The highest BCUT2D eigenvalue weighted by Crippen LogP contribution is 2.44. The van der Waals surface area contributed by atoms with E-state index in [2.05, 4.69) is 43.7 Å². The Balaban J connectivity index is 0.000000486. The lowest BCUT2D eigenvalue weighted by molar-refractivity contribution is -0.193. The Morgan fingerprint density at radius 2 is 1.40 bits per heavy atom. The summed E-state index contributed by atoms with van der Waals surface area (Å²) in [6, 6.07) is 8.38. The number of carbonyl (C=O) groups is 4. The molecule has 0 bridgehead atoms. The van der Waals surface area contributed by atoms with Crippen molar-refractivity contribution >= 4 is 35.2 Å². The van der Waals surface area contributed by atoms with Crippen LogP contribution in [0.4, 0.5) is 39.5 Å². The Labute approximate surface area is 283 Å². The van der Waals surface area contributed by atoms with Crippen molar-refractivity contribution in [1.29, 1.82) is 0 Å². The molecular weight excluding hydrogens is 721 g/mol. The van der Waals surface area contributed by atoms with Crippen molar-refractivity contribution in [2.45, 2.75) is 58.3 Å². The molecule has 0 unspecified atom stereocenters. The van der Waals surface area contributed by atoms with Gasteiger partial charge in [-0.25, -0.2) is 14.4 Å². The molecular formula is C29H34F9N3O8S. The van der Waals surface area contributed by atoms with Gasteiger partial charge in [-0.3, -0.25) is 19.6 Å². The molecule has 21 heteroatoms. The van der Waals surface area contributed by atoms with Crippen molar-refractivity contribution in [2.24, 2.45) is 11.3 Å². The fourth-order valence-corrected chi connectivity index (χ4v) is 5.71. The van der Waals surface area contributed by atoms with E-state index in [1.807, 2.05) is 19.9 Å². The van der Waals surface area contributed by atoms with Crippen LogP contribution in [0.3, 0.4) is 0 Å². The van der Waals surface area contributed by atoms with Gasteiger partial charge in [-0.1, -0.05) is 6.07 Å². The van der Waals surface area contributed by atoms with Crippen LogP contribution in [0.15, 0.2) is 35.0 Å². The van der Waals surface area contributed by atoms with Crippen LogP contribution in [-0.4, -0.2) is 105 Å². The maximum absolute atomic E-state index is 13.1. The van der Waals surface area contributed by atoms with Crippen LogP contribution in [0.5, 0.6) is 0 Å². The number of hydrogen-bond donors (Lipinski definition) is 3. The average molecular weight is 756 g/mol. The molecule has 3 N–H and O–H groups in total. The van der Waals surface area contributed by atoms with Crippen molar-refractivity contribution in [1.82, 2.24) is 14.8 Å². The highest BCUT2D eigenvalue weighted by atomic mass is 32.1. The van der Waals surface area contributed by atoms with Crippen molar-refractivity contribution < 1.29 is 78.7 Å². The maximum Gasteiger partial charge on any atom is 0.490 e. The molecule has 0 aliphatic carbocycles. The number of thiophene rings is 1. The molecule has 0 aromatic carbocycles. The summed E-state index contributed by atoms with van der Waals surface area (Å²) in [5, 5.41) is 25.7. The third-order valence-electron chi connectivity index (χ3n) is 7.07. The van der Waals surface area contributed by atoms with Crippen molar-refractivity contribution in [2.75, 3.05) is 32.8 Å². The first kappa shape index (κ1) is 44.0. The van der Waals surface area contributed by atoms with Crippen molar-refractivity contribution in [3.05, 3.63) is 52.0 Å². The van der Waals surface area contributed by atoms with Gasteiger partial charge in [0.15, 0.2) is 0 Å². The number of likely N-dealkylation sites (tertiary alicyclic amines) is 2. The van der Waals surface area contributed by atoms with E-state index in [0.717, 1.165) is 63.5 Å². The number of halogens is 9. The number of hydrogen-bond acceptors (Lipinski definition) is 9. The summed E-state index contributed by atoms with van der Waals surface area (Å²) < 4.78 is 101. The minimum atomic E-state index is -5.08. The molecule has 2 atom stereocenters. The average Bonchev–Trinajstić information content (AvgIpc) is 3.57. The number of ether oxygens (including phenoxy) is 1. The Morgan fingerprint density at radius 1 is 0.880 bits per heavy atom. The van der Waals surface area contributed by atoms with Gasteiger partial charge in [0.2, 0.25) is 0 Å². The van der Waals surface area contributed by atoms with Crippen molar-refractivity contribution in [3.8, 4) is 0 Å². The first-order chi connectivity index (χ1) is 22.9. The van der Waals surface area contributed by atoms with E-state index >= 15 is 0 Å². The molecule has 4 rings (SSSR count). The number of aryl methyl sites for hydroxylation is 1. The topological polar surface area (TPSA) is 158 Å². The molecule has 2 saturated heterocycles. The molecule has 0 radical (unpaired) electrons. The lowest BCUT2D eigenvalue weighted by Crippen LogP contribution is -2.42. The summed E-state index contributed by atoms with van der Waals surface area (Å²) >= 11 is 1.75. The lowest BCUT2D eigenvalue weighted by Gasteiger charge is -2.31. The van der Waals surface area contributed by atoms with Crippen LogP contribution in [0.2, 0.25) is 0 Å². The van der Waals surface area contributed by atoms with E-state index in [0.29, 0.717) is 12.5 Å². The first-order valence-electron chi connectivity index (χ1n) is 14.4. The second-order valence-corrected chi connectivity index (χ2v) is 11.7. The standard InChI is InChI=1S/C23H31N3O2S.3C2HF3O2/c1-3-28-22(27)23-9-5-10-25(12-19-8-11-29-16-19)13-20(23)14-26(17-23)15-21-7-4-6-18(2)24-21;3*3-2(4,5)1(6)7/h4,6-8,11,16,20H,3,5,9-10,12-15,17H2,1-2H3;3*(H,6,7)/t20-,23-;;;/m0.../s1. The van der Waals surface area contributed by atoms with E-state index in [4.69, 9.17) is 34.4 Å². The molecule has 0 amide bonds. The zero-order valence-corrected chi connectivity index (χ0v) is 27.3. The fraction of sp³-hybridized carbons (Fsp3) is 0.552. The number of aliphatic carboxylic acids is 3. The largest absolute Gasteiger partial charge is 0.490 e. The number of carboxylic acids is 3. The lowest BCUT2D eigenvalue weighted by atomic mass is 9.75. The zero-order chi connectivity index (χ0) is 38.5. The number of aromatic nitrogens is 1. The molecule has 4 heterocycles.